The van der Waals surface area contributed by atoms with Crippen molar-refractivity contribution in [2.45, 2.75) is 0 Å². The van der Waals surface area contributed by atoms with Crippen LogP contribution in [0.4, 0.5) is 5.69 Å². The van der Waals surface area contributed by atoms with Crippen LogP contribution in [-0.2, 0) is 14.3 Å². The van der Waals surface area contributed by atoms with Crippen LogP contribution >= 0.6 is 0 Å². The molecule has 0 bridgehead atoms. The second-order valence-electron chi connectivity index (χ2n) is 3.03. The van der Waals surface area contributed by atoms with Gasteiger partial charge in [0.05, 0.1) is 31.0 Å². The third-order valence-electron chi connectivity index (χ3n) is 2.03. The van der Waals surface area contributed by atoms with Crippen LogP contribution in [0.25, 0.3) is 5.57 Å². The SMILES string of the molecule is COC=C(C(=O)OC)c1ccccc1[N+](=O)[O-]. The Bertz CT molecular complexity index is 467. The molecule has 90 valence electrons. The molecule has 0 atom stereocenters. The van der Waals surface area contributed by atoms with Crippen LogP contribution in [0.15, 0.2) is 30.5 Å². The maximum atomic E-state index is 11.5. The van der Waals surface area contributed by atoms with E-state index in [0.717, 1.165) is 6.26 Å². The highest BCUT2D eigenvalue weighted by molar-refractivity contribution is 6.17. The van der Waals surface area contributed by atoms with Gasteiger partial charge in [0.15, 0.2) is 0 Å². The smallest absolute Gasteiger partial charge is 0.341 e. The number of carbonyl (C=O) groups is 1. The molecule has 17 heavy (non-hydrogen) atoms. The number of nitro benzene ring substituents is 1. The third kappa shape index (κ3) is 2.81. The van der Waals surface area contributed by atoms with E-state index in [1.54, 1.807) is 6.07 Å². The number of hydrogen-bond acceptors (Lipinski definition) is 5. The Labute approximate surface area is 97.6 Å². The van der Waals surface area contributed by atoms with Crippen LogP contribution in [0.2, 0.25) is 0 Å². The molecule has 6 heteroatoms. The van der Waals surface area contributed by atoms with E-state index in [4.69, 9.17) is 4.74 Å². The number of nitrogens with zero attached hydrogens (tertiary/aromatic N) is 1. The molecule has 0 aliphatic carbocycles. The van der Waals surface area contributed by atoms with Crippen molar-refractivity contribution in [1.82, 2.24) is 0 Å². The van der Waals surface area contributed by atoms with E-state index in [-0.39, 0.29) is 16.8 Å². The quantitative estimate of drug-likeness (QED) is 0.262. The summed E-state index contributed by atoms with van der Waals surface area (Å²) in [5, 5.41) is 10.8. The molecule has 6 nitrogen and oxygen atoms in total. The third-order valence-corrected chi connectivity index (χ3v) is 2.03. The summed E-state index contributed by atoms with van der Waals surface area (Å²) in [6.07, 6.45) is 1.12. The topological polar surface area (TPSA) is 78.7 Å². The molecule has 0 N–H and O–H groups in total. The predicted molar refractivity (Wildman–Crippen MR) is 60.1 cm³/mol. The van der Waals surface area contributed by atoms with Crippen LogP contribution in [-0.4, -0.2) is 25.1 Å². The van der Waals surface area contributed by atoms with Crippen molar-refractivity contribution in [3.8, 4) is 0 Å². The molecule has 0 saturated heterocycles. The molecule has 0 aromatic heterocycles. The fraction of sp³-hybridized carbons (Fsp3) is 0.182. The van der Waals surface area contributed by atoms with Gasteiger partial charge in [-0.05, 0) is 6.07 Å². The highest BCUT2D eigenvalue weighted by atomic mass is 16.6. The second-order valence-corrected chi connectivity index (χ2v) is 3.03. The number of hydrogen-bond donors (Lipinski definition) is 0. The van der Waals surface area contributed by atoms with Crippen molar-refractivity contribution >= 4 is 17.2 Å². The number of benzene rings is 1. The first kappa shape index (κ1) is 12.7. The van der Waals surface area contributed by atoms with E-state index in [1.165, 1.54) is 32.4 Å². The van der Waals surface area contributed by atoms with Crippen LogP contribution in [0.5, 0.6) is 0 Å². The zero-order chi connectivity index (χ0) is 12.8. The van der Waals surface area contributed by atoms with Crippen LogP contribution in [0.3, 0.4) is 0 Å². The van der Waals surface area contributed by atoms with Gasteiger partial charge in [0.1, 0.15) is 5.57 Å². The Morgan fingerprint density at radius 2 is 2.00 bits per heavy atom. The Morgan fingerprint density at radius 3 is 2.53 bits per heavy atom. The Hall–Kier alpha value is -2.37. The minimum Gasteiger partial charge on any atom is -0.503 e. The molecule has 0 aliphatic rings. The molecule has 0 fully saturated rings. The molecule has 0 unspecified atom stereocenters. The molecular weight excluding hydrogens is 226 g/mol. The number of para-hydroxylation sites is 1. The summed E-state index contributed by atoms with van der Waals surface area (Å²) in [5.41, 5.74) is -0.0188. The van der Waals surface area contributed by atoms with Crippen LogP contribution < -0.4 is 0 Å². The molecule has 0 aliphatic heterocycles. The van der Waals surface area contributed by atoms with Crippen LogP contribution in [0, 0.1) is 10.1 Å². The normalized spacial score (nSPS) is 10.8. The first-order chi connectivity index (χ1) is 8.11. The summed E-state index contributed by atoms with van der Waals surface area (Å²) >= 11 is 0. The Morgan fingerprint density at radius 1 is 1.35 bits per heavy atom. The predicted octanol–water partition coefficient (Wildman–Crippen LogP) is 1.76. The standard InChI is InChI=1S/C11H11NO5/c1-16-7-9(11(13)17-2)8-5-3-4-6-10(8)12(14)15/h3-7H,1-2H3. The summed E-state index contributed by atoms with van der Waals surface area (Å²) in [7, 11) is 2.54. The van der Waals surface area contributed by atoms with E-state index < -0.39 is 10.9 Å². The van der Waals surface area contributed by atoms with E-state index in [9.17, 15) is 14.9 Å². The van der Waals surface area contributed by atoms with Crippen LogP contribution in [0.1, 0.15) is 5.56 Å². The number of carbonyl (C=O) groups excluding carboxylic acids is 1. The lowest BCUT2D eigenvalue weighted by Crippen LogP contribution is -2.06. The van der Waals surface area contributed by atoms with Crippen molar-refractivity contribution in [3.05, 3.63) is 46.2 Å². The molecule has 1 rings (SSSR count). The van der Waals surface area contributed by atoms with Crippen molar-refractivity contribution in [2.75, 3.05) is 14.2 Å². The lowest BCUT2D eigenvalue weighted by atomic mass is 10.1. The molecule has 0 radical (unpaired) electrons. The zero-order valence-electron chi connectivity index (χ0n) is 9.38. The maximum absolute atomic E-state index is 11.5. The number of esters is 1. The van der Waals surface area contributed by atoms with Crippen molar-refractivity contribution < 1.29 is 19.2 Å². The molecule has 0 heterocycles. The van der Waals surface area contributed by atoms with Gasteiger partial charge in [-0.25, -0.2) is 4.79 Å². The van der Waals surface area contributed by atoms with Crippen molar-refractivity contribution in [1.29, 1.82) is 0 Å². The average Bonchev–Trinajstić information content (AvgIpc) is 2.35. The van der Waals surface area contributed by atoms with Gasteiger partial charge in [-0.15, -0.1) is 0 Å². The minimum absolute atomic E-state index is 0.00213. The summed E-state index contributed by atoms with van der Waals surface area (Å²) in [5.74, 6) is -0.693. The molecule has 1 aromatic rings. The summed E-state index contributed by atoms with van der Waals surface area (Å²) in [4.78, 5) is 21.7. The molecule has 1 aromatic carbocycles. The number of ether oxygens (including phenoxy) is 2. The van der Waals surface area contributed by atoms with Crippen molar-refractivity contribution in [3.63, 3.8) is 0 Å². The first-order valence-electron chi connectivity index (χ1n) is 4.67. The lowest BCUT2D eigenvalue weighted by Gasteiger charge is -2.05. The van der Waals surface area contributed by atoms with E-state index in [0.29, 0.717) is 0 Å². The molecule has 0 saturated carbocycles. The van der Waals surface area contributed by atoms with E-state index in [1.807, 2.05) is 0 Å². The number of methoxy groups -OCH3 is 2. The summed E-state index contributed by atoms with van der Waals surface area (Å²) in [6, 6.07) is 5.87. The van der Waals surface area contributed by atoms with Gasteiger partial charge in [0, 0.05) is 6.07 Å². The molecule has 0 spiro atoms. The van der Waals surface area contributed by atoms with Crippen molar-refractivity contribution in [2.24, 2.45) is 0 Å². The fourth-order valence-corrected chi connectivity index (χ4v) is 1.31. The number of nitro groups is 1. The highest BCUT2D eigenvalue weighted by Gasteiger charge is 2.22. The van der Waals surface area contributed by atoms with Gasteiger partial charge >= 0.3 is 5.97 Å². The van der Waals surface area contributed by atoms with Gasteiger partial charge in [-0.3, -0.25) is 10.1 Å². The summed E-state index contributed by atoms with van der Waals surface area (Å²) < 4.78 is 9.27. The molecular formula is C11H11NO5. The monoisotopic (exact) mass is 237 g/mol. The average molecular weight is 237 g/mol. The first-order valence-corrected chi connectivity index (χ1v) is 4.67. The Balaban J connectivity index is 3.33. The van der Waals surface area contributed by atoms with Gasteiger partial charge in [-0.2, -0.15) is 0 Å². The lowest BCUT2D eigenvalue weighted by molar-refractivity contribution is -0.385. The van der Waals surface area contributed by atoms with E-state index >= 15 is 0 Å². The molecule has 0 amide bonds. The summed E-state index contributed by atoms with van der Waals surface area (Å²) in [6.45, 7) is 0. The zero-order valence-corrected chi connectivity index (χ0v) is 9.38. The largest absolute Gasteiger partial charge is 0.503 e. The second kappa shape index (κ2) is 5.64. The van der Waals surface area contributed by atoms with Gasteiger partial charge in [0.2, 0.25) is 0 Å². The fourth-order valence-electron chi connectivity index (χ4n) is 1.31. The van der Waals surface area contributed by atoms with Gasteiger partial charge in [-0.1, -0.05) is 12.1 Å². The highest BCUT2D eigenvalue weighted by Crippen LogP contribution is 2.26. The maximum Gasteiger partial charge on any atom is 0.341 e. The van der Waals surface area contributed by atoms with E-state index in [2.05, 4.69) is 4.74 Å². The minimum atomic E-state index is -0.693. The van der Waals surface area contributed by atoms with Gasteiger partial charge in [0.25, 0.3) is 5.69 Å². The van der Waals surface area contributed by atoms with Gasteiger partial charge < -0.3 is 9.47 Å². The Kier molecular flexibility index (Phi) is 4.21. The number of rotatable bonds is 4.